The average molecular weight is 345 g/mol. The molecule has 2 amide bonds. The number of benzene rings is 2. The van der Waals surface area contributed by atoms with Gasteiger partial charge in [0.15, 0.2) is 0 Å². The number of carbonyl (C=O) groups excluding carboxylic acids is 2. The van der Waals surface area contributed by atoms with E-state index < -0.39 is 0 Å². The molecule has 0 saturated heterocycles. The number of hydrogen-bond acceptors (Lipinski definition) is 2. The molecule has 0 radical (unpaired) electrons. The predicted octanol–water partition coefficient (Wildman–Crippen LogP) is 3.38. The van der Waals surface area contributed by atoms with Crippen LogP contribution in [0.4, 0.5) is 0 Å². The topological polar surface area (TPSA) is 58.2 Å². The van der Waals surface area contributed by atoms with E-state index in [1.807, 2.05) is 18.2 Å². The first-order valence-corrected chi connectivity index (χ1v) is 8.33. The van der Waals surface area contributed by atoms with E-state index in [9.17, 15) is 9.59 Å². The molecule has 0 aliphatic rings. The largest absolute Gasteiger partial charge is 0.354 e. The Morgan fingerprint density at radius 2 is 1.79 bits per heavy atom. The molecule has 4 nitrogen and oxygen atoms in total. The first-order chi connectivity index (χ1) is 11.6. The summed E-state index contributed by atoms with van der Waals surface area (Å²) >= 11 is 5.85. The highest BCUT2D eigenvalue weighted by Crippen LogP contribution is 2.17. The fourth-order valence-corrected chi connectivity index (χ4v) is 2.61. The summed E-state index contributed by atoms with van der Waals surface area (Å²) in [6.45, 7) is 2.58. The van der Waals surface area contributed by atoms with Gasteiger partial charge in [-0.05, 0) is 30.2 Å². The lowest BCUT2D eigenvalue weighted by atomic mass is 9.96. The molecule has 1 atom stereocenters. The zero-order valence-corrected chi connectivity index (χ0v) is 14.3. The molecule has 0 aromatic heterocycles. The summed E-state index contributed by atoms with van der Waals surface area (Å²) in [6.07, 6.45) is 0.930. The van der Waals surface area contributed by atoms with Gasteiger partial charge in [-0.2, -0.15) is 0 Å². The molecule has 2 rings (SSSR count). The zero-order chi connectivity index (χ0) is 17.4. The van der Waals surface area contributed by atoms with Gasteiger partial charge in [-0.25, -0.2) is 0 Å². The molecular formula is C19H21ClN2O2. The first-order valence-electron chi connectivity index (χ1n) is 7.95. The molecule has 2 N–H and O–H groups in total. The van der Waals surface area contributed by atoms with Crippen LogP contribution in [0.25, 0.3) is 0 Å². The Kier molecular flexibility index (Phi) is 6.82. The van der Waals surface area contributed by atoms with Crippen LogP contribution >= 0.6 is 11.6 Å². The van der Waals surface area contributed by atoms with Crippen molar-refractivity contribution in [1.82, 2.24) is 10.6 Å². The number of hydrogen-bond donors (Lipinski definition) is 2. The standard InChI is InChI=1S/C19H21ClN2O2/c1-2-14(15-7-4-3-5-8-15)12-21-18(23)13-22-19(24)16-9-6-10-17(20)11-16/h3-11,14H,2,12-13H2,1H3,(H,21,23)(H,22,24). The van der Waals surface area contributed by atoms with E-state index in [1.165, 1.54) is 5.56 Å². The number of halogens is 1. The van der Waals surface area contributed by atoms with Crippen LogP contribution in [0.2, 0.25) is 5.02 Å². The average Bonchev–Trinajstić information content (AvgIpc) is 2.61. The summed E-state index contributed by atoms with van der Waals surface area (Å²) in [5, 5.41) is 5.96. The van der Waals surface area contributed by atoms with E-state index in [2.05, 4.69) is 29.7 Å². The molecule has 0 spiro atoms. The second-order valence-corrected chi connectivity index (χ2v) is 5.95. The van der Waals surface area contributed by atoms with Gasteiger partial charge in [0, 0.05) is 23.0 Å². The highest BCUT2D eigenvalue weighted by atomic mass is 35.5. The van der Waals surface area contributed by atoms with Crippen molar-refractivity contribution in [3.63, 3.8) is 0 Å². The summed E-state index contributed by atoms with van der Waals surface area (Å²) in [5.41, 5.74) is 1.63. The van der Waals surface area contributed by atoms with E-state index in [4.69, 9.17) is 11.6 Å². The Morgan fingerprint density at radius 1 is 1.04 bits per heavy atom. The molecule has 2 aromatic rings. The summed E-state index contributed by atoms with van der Waals surface area (Å²) < 4.78 is 0. The minimum atomic E-state index is -0.317. The molecule has 24 heavy (non-hydrogen) atoms. The third-order valence-electron chi connectivity index (χ3n) is 3.81. The molecule has 1 unspecified atom stereocenters. The third kappa shape index (κ3) is 5.39. The van der Waals surface area contributed by atoms with Crippen molar-refractivity contribution in [2.24, 2.45) is 0 Å². The van der Waals surface area contributed by atoms with Gasteiger partial charge in [-0.15, -0.1) is 0 Å². The van der Waals surface area contributed by atoms with Crippen molar-refractivity contribution >= 4 is 23.4 Å². The number of carbonyl (C=O) groups is 2. The van der Waals surface area contributed by atoms with E-state index in [-0.39, 0.29) is 24.3 Å². The smallest absolute Gasteiger partial charge is 0.251 e. The van der Waals surface area contributed by atoms with Crippen LogP contribution in [0.15, 0.2) is 54.6 Å². The maximum atomic E-state index is 12.0. The SMILES string of the molecule is CCC(CNC(=O)CNC(=O)c1cccc(Cl)c1)c1ccccc1. The van der Waals surface area contributed by atoms with Crippen LogP contribution in [0.1, 0.15) is 35.2 Å². The molecule has 0 bridgehead atoms. The highest BCUT2D eigenvalue weighted by Gasteiger charge is 2.12. The van der Waals surface area contributed by atoms with Crippen molar-refractivity contribution in [1.29, 1.82) is 0 Å². The molecule has 0 saturated carbocycles. The maximum Gasteiger partial charge on any atom is 0.251 e. The second kappa shape index (κ2) is 9.08. The van der Waals surface area contributed by atoms with Gasteiger partial charge in [0.2, 0.25) is 5.91 Å². The van der Waals surface area contributed by atoms with Gasteiger partial charge in [0.05, 0.1) is 6.54 Å². The van der Waals surface area contributed by atoms with Crippen molar-refractivity contribution in [3.8, 4) is 0 Å². The van der Waals surface area contributed by atoms with Crippen LogP contribution in [0.3, 0.4) is 0 Å². The Hall–Kier alpha value is -2.33. The van der Waals surface area contributed by atoms with Crippen LogP contribution in [0.5, 0.6) is 0 Å². The van der Waals surface area contributed by atoms with Gasteiger partial charge < -0.3 is 10.6 Å². The van der Waals surface area contributed by atoms with Crippen LogP contribution in [-0.2, 0) is 4.79 Å². The van der Waals surface area contributed by atoms with Gasteiger partial charge in [-0.3, -0.25) is 9.59 Å². The fraction of sp³-hybridized carbons (Fsp3) is 0.263. The molecule has 126 valence electrons. The Bertz CT molecular complexity index is 689. The monoisotopic (exact) mass is 344 g/mol. The molecule has 2 aromatic carbocycles. The molecule has 0 fully saturated rings. The van der Waals surface area contributed by atoms with E-state index in [0.717, 1.165) is 6.42 Å². The minimum Gasteiger partial charge on any atom is -0.354 e. The normalized spacial score (nSPS) is 11.6. The van der Waals surface area contributed by atoms with Gasteiger partial charge in [0.1, 0.15) is 0 Å². The first kappa shape index (κ1) is 18.0. The predicted molar refractivity (Wildman–Crippen MR) is 96.3 cm³/mol. The summed E-state index contributed by atoms with van der Waals surface area (Å²) in [6, 6.07) is 16.7. The minimum absolute atomic E-state index is 0.0590. The summed E-state index contributed by atoms with van der Waals surface area (Å²) in [4.78, 5) is 23.9. The number of amides is 2. The van der Waals surface area contributed by atoms with E-state index in [1.54, 1.807) is 24.3 Å². The van der Waals surface area contributed by atoms with E-state index >= 15 is 0 Å². The quantitative estimate of drug-likeness (QED) is 0.809. The Balaban J connectivity index is 1.80. The van der Waals surface area contributed by atoms with E-state index in [0.29, 0.717) is 17.1 Å². The molecule has 0 aliphatic heterocycles. The van der Waals surface area contributed by atoms with Gasteiger partial charge in [-0.1, -0.05) is 54.9 Å². The lowest BCUT2D eigenvalue weighted by Crippen LogP contribution is -2.38. The Labute approximate surface area is 147 Å². The fourth-order valence-electron chi connectivity index (χ4n) is 2.41. The number of nitrogens with one attached hydrogen (secondary N) is 2. The van der Waals surface area contributed by atoms with Crippen molar-refractivity contribution in [2.45, 2.75) is 19.3 Å². The lowest BCUT2D eigenvalue weighted by Gasteiger charge is -2.16. The maximum absolute atomic E-state index is 12.0. The highest BCUT2D eigenvalue weighted by molar-refractivity contribution is 6.30. The lowest BCUT2D eigenvalue weighted by molar-refractivity contribution is -0.120. The van der Waals surface area contributed by atoms with Crippen LogP contribution < -0.4 is 10.6 Å². The van der Waals surface area contributed by atoms with Gasteiger partial charge >= 0.3 is 0 Å². The second-order valence-electron chi connectivity index (χ2n) is 5.51. The molecule has 0 heterocycles. The summed E-state index contributed by atoms with van der Waals surface area (Å²) in [5.74, 6) is -0.263. The van der Waals surface area contributed by atoms with Crippen LogP contribution in [0, 0.1) is 0 Å². The third-order valence-corrected chi connectivity index (χ3v) is 4.04. The van der Waals surface area contributed by atoms with Crippen molar-refractivity contribution in [3.05, 3.63) is 70.7 Å². The number of rotatable bonds is 7. The van der Waals surface area contributed by atoms with Gasteiger partial charge in [0.25, 0.3) is 5.91 Å². The molecular weight excluding hydrogens is 324 g/mol. The molecule has 5 heteroatoms. The zero-order valence-electron chi connectivity index (χ0n) is 13.6. The summed E-state index contributed by atoms with van der Waals surface area (Å²) in [7, 11) is 0. The van der Waals surface area contributed by atoms with Crippen molar-refractivity contribution in [2.75, 3.05) is 13.1 Å². The van der Waals surface area contributed by atoms with Crippen molar-refractivity contribution < 1.29 is 9.59 Å². The van der Waals surface area contributed by atoms with Crippen LogP contribution in [-0.4, -0.2) is 24.9 Å². The molecule has 0 aliphatic carbocycles. The Morgan fingerprint density at radius 3 is 2.46 bits per heavy atom.